The van der Waals surface area contributed by atoms with Gasteiger partial charge in [0.05, 0.1) is 12.1 Å². The predicted octanol–water partition coefficient (Wildman–Crippen LogP) is 5.10. The van der Waals surface area contributed by atoms with Crippen molar-refractivity contribution in [3.8, 4) is 11.5 Å². The lowest BCUT2D eigenvalue weighted by atomic mass is 10.0. The Kier molecular flexibility index (Phi) is 4.83. The monoisotopic (exact) mass is 385 g/mol. The summed E-state index contributed by atoms with van der Waals surface area (Å²) in [5.74, 6) is -0.537. The van der Waals surface area contributed by atoms with Gasteiger partial charge < -0.3 is 14.8 Å². The summed E-state index contributed by atoms with van der Waals surface area (Å²) in [5, 5.41) is 3.15. The molecule has 1 heterocycles. The van der Waals surface area contributed by atoms with Crippen molar-refractivity contribution < 1.29 is 23.0 Å². The van der Waals surface area contributed by atoms with Crippen molar-refractivity contribution in [2.24, 2.45) is 0 Å². The number of carbonyl (C=O) groups excluding carboxylic acids is 1. The summed E-state index contributed by atoms with van der Waals surface area (Å²) in [6.45, 7) is -3.04. The van der Waals surface area contributed by atoms with Gasteiger partial charge in [0, 0.05) is 21.8 Å². The lowest BCUT2D eigenvalue weighted by molar-refractivity contribution is -0.110. The third-order valence-electron chi connectivity index (χ3n) is 3.53. The number of fused-ring (bicyclic) bond motifs is 1. The average molecular weight is 386 g/mol. The molecule has 0 unspecified atom stereocenters. The molecule has 0 bridgehead atoms. The van der Waals surface area contributed by atoms with E-state index in [1.54, 1.807) is 24.3 Å². The summed E-state index contributed by atoms with van der Waals surface area (Å²) in [5.41, 5.74) is 2.14. The summed E-state index contributed by atoms with van der Waals surface area (Å²) in [6.07, 6.45) is 1.57. The van der Waals surface area contributed by atoms with E-state index in [-0.39, 0.29) is 22.4 Å². The SMILES string of the molecule is COc1cc(/C=C2/C(=O)Nc3ccc(Cl)cc32)cc(Cl)c1OC(F)F. The lowest BCUT2D eigenvalue weighted by Crippen LogP contribution is -2.05. The number of rotatable bonds is 4. The summed E-state index contributed by atoms with van der Waals surface area (Å²) in [4.78, 5) is 12.2. The Morgan fingerprint density at radius 3 is 2.64 bits per heavy atom. The summed E-state index contributed by atoms with van der Waals surface area (Å²) in [7, 11) is 1.30. The van der Waals surface area contributed by atoms with Crippen molar-refractivity contribution in [2.75, 3.05) is 12.4 Å². The minimum atomic E-state index is -3.04. The zero-order chi connectivity index (χ0) is 18.1. The van der Waals surface area contributed by atoms with Crippen LogP contribution in [-0.2, 0) is 4.79 Å². The van der Waals surface area contributed by atoms with E-state index in [1.807, 2.05) is 0 Å². The van der Waals surface area contributed by atoms with Crippen LogP contribution in [0.5, 0.6) is 11.5 Å². The van der Waals surface area contributed by atoms with Crippen molar-refractivity contribution >= 4 is 46.4 Å². The maximum Gasteiger partial charge on any atom is 0.387 e. The average Bonchev–Trinajstić information content (AvgIpc) is 2.85. The molecule has 1 amide bonds. The predicted molar refractivity (Wildman–Crippen MR) is 92.6 cm³/mol. The first kappa shape index (κ1) is 17.5. The molecule has 2 aromatic carbocycles. The van der Waals surface area contributed by atoms with Gasteiger partial charge in [-0.1, -0.05) is 23.2 Å². The van der Waals surface area contributed by atoms with Crippen molar-refractivity contribution in [3.63, 3.8) is 0 Å². The summed E-state index contributed by atoms with van der Waals surface area (Å²) in [6, 6.07) is 7.88. The highest BCUT2D eigenvalue weighted by Gasteiger charge is 2.25. The number of anilines is 1. The van der Waals surface area contributed by atoms with Gasteiger partial charge in [0.2, 0.25) is 0 Å². The molecule has 0 fully saturated rings. The van der Waals surface area contributed by atoms with Crippen LogP contribution >= 0.6 is 23.2 Å². The Labute approximate surface area is 151 Å². The Morgan fingerprint density at radius 1 is 1.20 bits per heavy atom. The molecule has 1 N–H and O–H groups in total. The van der Waals surface area contributed by atoms with Crippen LogP contribution in [0.2, 0.25) is 10.0 Å². The number of benzene rings is 2. The fourth-order valence-corrected chi connectivity index (χ4v) is 2.93. The number of carbonyl (C=O) groups is 1. The van der Waals surface area contributed by atoms with Crippen LogP contribution in [0.3, 0.4) is 0 Å². The van der Waals surface area contributed by atoms with Gasteiger partial charge in [0.25, 0.3) is 5.91 Å². The lowest BCUT2D eigenvalue weighted by Gasteiger charge is -2.12. The quantitative estimate of drug-likeness (QED) is 0.745. The molecule has 130 valence electrons. The number of hydrogen-bond acceptors (Lipinski definition) is 3. The topological polar surface area (TPSA) is 47.6 Å². The highest BCUT2D eigenvalue weighted by atomic mass is 35.5. The molecule has 4 nitrogen and oxygen atoms in total. The third-order valence-corrected chi connectivity index (χ3v) is 4.05. The highest BCUT2D eigenvalue weighted by molar-refractivity contribution is 6.37. The molecule has 0 aliphatic carbocycles. The molecule has 0 saturated heterocycles. The van der Waals surface area contributed by atoms with Crippen LogP contribution in [-0.4, -0.2) is 19.6 Å². The van der Waals surface area contributed by atoms with E-state index in [4.69, 9.17) is 27.9 Å². The first-order valence-corrected chi connectivity index (χ1v) is 7.80. The Hall–Kier alpha value is -2.31. The van der Waals surface area contributed by atoms with Gasteiger partial charge in [-0.3, -0.25) is 4.79 Å². The van der Waals surface area contributed by atoms with E-state index in [1.165, 1.54) is 19.2 Å². The number of alkyl halides is 2. The third kappa shape index (κ3) is 3.55. The van der Waals surface area contributed by atoms with Gasteiger partial charge in [-0.25, -0.2) is 0 Å². The fraction of sp³-hybridized carbons (Fsp3) is 0.118. The minimum Gasteiger partial charge on any atom is -0.493 e. The second-order valence-corrected chi connectivity index (χ2v) is 5.96. The van der Waals surface area contributed by atoms with Crippen LogP contribution in [0.1, 0.15) is 11.1 Å². The molecule has 1 aliphatic heterocycles. The Bertz CT molecular complexity index is 884. The first-order valence-electron chi connectivity index (χ1n) is 7.04. The molecular weight excluding hydrogens is 375 g/mol. The van der Waals surface area contributed by atoms with Gasteiger partial charge >= 0.3 is 6.61 Å². The van der Waals surface area contributed by atoms with Gasteiger partial charge in [-0.05, 0) is 42.0 Å². The molecule has 0 aromatic heterocycles. The highest BCUT2D eigenvalue weighted by Crippen LogP contribution is 2.40. The van der Waals surface area contributed by atoms with E-state index in [9.17, 15) is 13.6 Å². The van der Waals surface area contributed by atoms with Crippen molar-refractivity contribution in [2.45, 2.75) is 6.61 Å². The van der Waals surface area contributed by atoms with E-state index >= 15 is 0 Å². The van der Waals surface area contributed by atoms with E-state index in [0.717, 1.165) is 0 Å². The maximum absolute atomic E-state index is 12.5. The van der Waals surface area contributed by atoms with E-state index < -0.39 is 6.61 Å². The number of amides is 1. The summed E-state index contributed by atoms with van der Waals surface area (Å²) < 4.78 is 34.4. The zero-order valence-electron chi connectivity index (χ0n) is 12.8. The fourth-order valence-electron chi connectivity index (χ4n) is 2.50. The number of methoxy groups -OCH3 is 1. The molecule has 1 aliphatic rings. The van der Waals surface area contributed by atoms with Gasteiger partial charge in [-0.2, -0.15) is 8.78 Å². The van der Waals surface area contributed by atoms with Gasteiger partial charge in [0.1, 0.15) is 0 Å². The number of nitrogens with one attached hydrogen (secondary N) is 1. The largest absolute Gasteiger partial charge is 0.493 e. The van der Waals surface area contributed by atoms with Crippen LogP contribution in [0.4, 0.5) is 14.5 Å². The first-order chi connectivity index (χ1) is 11.9. The standard InChI is InChI=1S/C17H11Cl2F2NO3/c1-24-14-6-8(5-12(19)15(14)25-17(20)21)4-11-10-7-9(18)2-3-13(10)22-16(11)23/h2-7,17H,1H3,(H,22,23)/b11-4+. The van der Waals surface area contributed by atoms with Crippen molar-refractivity contribution in [3.05, 3.63) is 51.5 Å². The molecule has 0 atom stereocenters. The van der Waals surface area contributed by atoms with Gasteiger partial charge in [-0.15, -0.1) is 0 Å². The zero-order valence-corrected chi connectivity index (χ0v) is 14.3. The second-order valence-electron chi connectivity index (χ2n) is 5.11. The molecule has 0 saturated carbocycles. The smallest absolute Gasteiger partial charge is 0.387 e. The normalized spacial score (nSPS) is 14.6. The number of halogens is 4. The maximum atomic E-state index is 12.5. The van der Waals surface area contributed by atoms with E-state index in [2.05, 4.69) is 10.1 Å². The molecule has 2 aromatic rings. The van der Waals surface area contributed by atoms with Crippen LogP contribution in [0, 0.1) is 0 Å². The molecular formula is C17H11Cl2F2NO3. The van der Waals surface area contributed by atoms with Crippen molar-refractivity contribution in [1.29, 1.82) is 0 Å². The molecule has 0 spiro atoms. The van der Waals surface area contributed by atoms with Crippen LogP contribution in [0.25, 0.3) is 11.6 Å². The summed E-state index contributed by atoms with van der Waals surface area (Å²) >= 11 is 12.0. The molecule has 25 heavy (non-hydrogen) atoms. The Balaban J connectivity index is 2.06. The van der Waals surface area contributed by atoms with Crippen LogP contribution < -0.4 is 14.8 Å². The molecule has 3 rings (SSSR count). The van der Waals surface area contributed by atoms with Gasteiger partial charge in [0.15, 0.2) is 11.5 Å². The van der Waals surface area contributed by atoms with E-state index in [0.29, 0.717) is 27.4 Å². The Morgan fingerprint density at radius 2 is 1.96 bits per heavy atom. The second kappa shape index (κ2) is 6.90. The number of hydrogen-bond donors (Lipinski definition) is 1. The number of ether oxygens (including phenoxy) is 2. The van der Waals surface area contributed by atoms with Crippen molar-refractivity contribution in [1.82, 2.24) is 0 Å². The molecule has 0 radical (unpaired) electrons. The van der Waals surface area contributed by atoms with Crippen LogP contribution in [0.15, 0.2) is 30.3 Å². The minimum absolute atomic E-state index is 0.0318. The molecule has 8 heteroatoms.